The Labute approximate surface area is 105 Å². The van der Waals surface area contributed by atoms with Gasteiger partial charge in [0.25, 0.3) is 0 Å². The minimum absolute atomic E-state index is 0.139. The van der Waals surface area contributed by atoms with Crippen molar-refractivity contribution in [2.45, 2.75) is 32.8 Å². The maximum Gasteiger partial charge on any atom is 0.306 e. The number of thiophene rings is 1. The molecule has 2 rings (SSSR count). The van der Waals surface area contributed by atoms with Gasteiger partial charge in [0.15, 0.2) is 0 Å². The van der Waals surface area contributed by atoms with E-state index in [9.17, 15) is 15.0 Å². The summed E-state index contributed by atoms with van der Waals surface area (Å²) in [4.78, 5) is 12.1. The summed E-state index contributed by atoms with van der Waals surface area (Å²) in [7, 11) is 0. The highest BCUT2D eigenvalue weighted by Crippen LogP contribution is 2.45. The van der Waals surface area contributed by atoms with Crippen LogP contribution < -0.4 is 0 Å². The van der Waals surface area contributed by atoms with Gasteiger partial charge >= 0.3 is 5.97 Å². The van der Waals surface area contributed by atoms with Gasteiger partial charge in [0.1, 0.15) is 0 Å². The first-order valence-corrected chi connectivity index (χ1v) is 6.83. The molecule has 4 unspecified atom stereocenters. The van der Waals surface area contributed by atoms with Gasteiger partial charge < -0.3 is 10.2 Å². The molecule has 2 N–H and O–H groups in total. The highest BCUT2D eigenvalue weighted by Gasteiger charge is 2.41. The van der Waals surface area contributed by atoms with Gasteiger partial charge in [-0.15, -0.1) is 11.3 Å². The van der Waals surface area contributed by atoms with Crippen LogP contribution in [-0.4, -0.2) is 16.2 Å². The zero-order valence-corrected chi connectivity index (χ0v) is 10.9. The summed E-state index contributed by atoms with van der Waals surface area (Å²) in [6.45, 7) is 4.02. The number of carbonyl (C=O) groups is 1. The lowest BCUT2D eigenvalue weighted by molar-refractivity contribution is -0.144. The first-order valence-electron chi connectivity index (χ1n) is 5.95. The molecule has 0 amide bonds. The van der Waals surface area contributed by atoms with Crippen molar-refractivity contribution in [3.8, 4) is 0 Å². The van der Waals surface area contributed by atoms with Gasteiger partial charge in [-0.05, 0) is 42.7 Å². The minimum atomic E-state index is -0.771. The van der Waals surface area contributed by atoms with E-state index in [2.05, 4.69) is 6.92 Å². The molecule has 4 heteroatoms. The standard InChI is InChI=1S/C13H18O3S/c1-7-5-9(10(6-7)13(15)16)11(14)12-8(2)3-4-17-12/h3-4,7,9-11,14H,5-6H2,1-2H3,(H,15,16). The van der Waals surface area contributed by atoms with Crippen molar-refractivity contribution in [1.29, 1.82) is 0 Å². The third kappa shape index (κ3) is 2.38. The summed E-state index contributed by atoms with van der Waals surface area (Å²) >= 11 is 1.52. The smallest absolute Gasteiger partial charge is 0.306 e. The maximum atomic E-state index is 11.2. The minimum Gasteiger partial charge on any atom is -0.481 e. The van der Waals surface area contributed by atoms with Crippen molar-refractivity contribution in [3.63, 3.8) is 0 Å². The van der Waals surface area contributed by atoms with Crippen molar-refractivity contribution in [2.24, 2.45) is 17.8 Å². The van der Waals surface area contributed by atoms with Crippen LogP contribution in [0.4, 0.5) is 0 Å². The maximum absolute atomic E-state index is 11.2. The Morgan fingerprint density at radius 2 is 2.24 bits per heavy atom. The average Bonchev–Trinajstić information content (AvgIpc) is 2.83. The Balaban J connectivity index is 2.21. The molecule has 1 aromatic rings. The fourth-order valence-electron chi connectivity index (χ4n) is 2.85. The van der Waals surface area contributed by atoms with Crippen molar-refractivity contribution in [2.75, 3.05) is 0 Å². The lowest BCUT2D eigenvalue weighted by Crippen LogP contribution is -2.23. The Bertz CT molecular complexity index is 413. The molecule has 0 spiro atoms. The van der Waals surface area contributed by atoms with E-state index in [-0.39, 0.29) is 5.92 Å². The van der Waals surface area contributed by atoms with Gasteiger partial charge in [-0.3, -0.25) is 4.79 Å². The van der Waals surface area contributed by atoms with Crippen molar-refractivity contribution in [1.82, 2.24) is 0 Å². The fraction of sp³-hybridized carbons (Fsp3) is 0.615. The molecular weight excluding hydrogens is 236 g/mol. The van der Waals surface area contributed by atoms with Crippen LogP contribution in [0, 0.1) is 24.7 Å². The molecule has 0 saturated heterocycles. The van der Waals surface area contributed by atoms with E-state index in [1.165, 1.54) is 11.3 Å². The Morgan fingerprint density at radius 3 is 2.76 bits per heavy atom. The largest absolute Gasteiger partial charge is 0.481 e. The number of carboxylic acid groups (broad SMARTS) is 1. The molecule has 1 aliphatic rings. The molecular formula is C13H18O3S. The topological polar surface area (TPSA) is 57.5 Å². The first kappa shape index (κ1) is 12.6. The van der Waals surface area contributed by atoms with Gasteiger partial charge in [-0.2, -0.15) is 0 Å². The number of hydrogen-bond donors (Lipinski definition) is 2. The van der Waals surface area contributed by atoms with Crippen LogP contribution in [0.3, 0.4) is 0 Å². The van der Waals surface area contributed by atoms with Crippen molar-refractivity contribution < 1.29 is 15.0 Å². The number of carboxylic acids is 1. The Morgan fingerprint density at radius 1 is 1.53 bits per heavy atom. The van der Waals surface area contributed by atoms with Gasteiger partial charge in [-0.25, -0.2) is 0 Å². The van der Waals surface area contributed by atoms with E-state index in [1.807, 2.05) is 18.4 Å². The molecule has 94 valence electrons. The number of aliphatic hydroxyl groups excluding tert-OH is 1. The molecule has 17 heavy (non-hydrogen) atoms. The third-order valence-electron chi connectivity index (χ3n) is 3.74. The molecule has 0 aromatic carbocycles. The molecule has 1 aliphatic carbocycles. The summed E-state index contributed by atoms with van der Waals surface area (Å²) in [5, 5.41) is 21.5. The molecule has 0 radical (unpaired) electrons. The molecule has 4 atom stereocenters. The highest BCUT2D eigenvalue weighted by molar-refractivity contribution is 7.10. The molecule has 1 saturated carbocycles. The van der Waals surface area contributed by atoms with Crippen LogP contribution in [0.1, 0.15) is 36.3 Å². The SMILES string of the molecule is Cc1ccsc1C(O)C1CC(C)CC1C(=O)O. The molecule has 1 fully saturated rings. The zero-order chi connectivity index (χ0) is 12.6. The van der Waals surface area contributed by atoms with Crippen LogP contribution in [0.15, 0.2) is 11.4 Å². The zero-order valence-electron chi connectivity index (χ0n) is 10.1. The van der Waals surface area contributed by atoms with Gasteiger partial charge in [0, 0.05) is 10.8 Å². The van der Waals surface area contributed by atoms with Crippen LogP contribution in [0.5, 0.6) is 0 Å². The van der Waals surface area contributed by atoms with E-state index in [4.69, 9.17) is 0 Å². The average molecular weight is 254 g/mol. The number of hydrogen-bond acceptors (Lipinski definition) is 3. The predicted octanol–water partition coefficient (Wildman–Crippen LogP) is 2.84. The van der Waals surface area contributed by atoms with E-state index in [0.717, 1.165) is 16.9 Å². The second-order valence-electron chi connectivity index (χ2n) is 5.10. The summed E-state index contributed by atoms with van der Waals surface area (Å²) in [5.41, 5.74) is 1.06. The first-order chi connectivity index (χ1) is 8.00. The van der Waals surface area contributed by atoms with Crippen molar-refractivity contribution >= 4 is 17.3 Å². The molecule has 1 aromatic heterocycles. The van der Waals surface area contributed by atoms with Gasteiger partial charge in [-0.1, -0.05) is 6.92 Å². The number of aliphatic hydroxyl groups is 1. The quantitative estimate of drug-likeness (QED) is 0.872. The molecule has 0 bridgehead atoms. The third-order valence-corrected chi connectivity index (χ3v) is 4.83. The van der Waals surface area contributed by atoms with E-state index < -0.39 is 18.0 Å². The Hall–Kier alpha value is -0.870. The second kappa shape index (κ2) is 4.78. The van der Waals surface area contributed by atoms with Crippen LogP contribution in [0.25, 0.3) is 0 Å². The van der Waals surface area contributed by atoms with E-state index in [0.29, 0.717) is 12.3 Å². The molecule has 1 heterocycles. The Kier molecular flexibility index (Phi) is 3.54. The van der Waals surface area contributed by atoms with Crippen LogP contribution in [-0.2, 0) is 4.79 Å². The van der Waals surface area contributed by atoms with E-state index in [1.54, 1.807) is 0 Å². The van der Waals surface area contributed by atoms with Crippen molar-refractivity contribution in [3.05, 3.63) is 21.9 Å². The second-order valence-corrected chi connectivity index (χ2v) is 6.05. The van der Waals surface area contributed by atoms with E-state index >= 15 is 0 Å². The highest BCUT2D eigenvalue weighted by atomic mass is 32.1. The molecule has 0 aliphatic heterocycles. The summed E-state index contributed by atoms with van der Waals surface area (Å²) in [6, 6.07) is 1.97. The van der Waals surface area contributed by atoms with Crippen LogP contribution in [0.2, 0.25) is 0 Å². The summed E-state index contributed by atoms with van der Waals surface area (Å²) < 4.78 is 0. The number of aliphatic carboxylic acids is 1. The normalized spacial score (nSPS) is 30.4. The summed E-state index contributed by atoms with van der Waals surface area (Å²) in [6.07, 6.45) is 0.859. The molecule has 3 nitrogen and oxygen atoms in total. The monoisotopic (exact) mass is 254 g/mol. The van der Waals surface area contributed by atoms with Crippen LogP contribution >= 0.6 is 11.3 Å². The number of aryl methyl sites for hydroxylation is 1. The summed E-state index contributed by atoms with van der Waals surface area (Å²) in [5.74, 6) is -0.926. The predicted molar refractivity (Wildman–Crippen MR) is 67.0 cm³/mol. The number of rotatable bonds is 3. The van der Waals surface area contributed by atoms with Gasteiger partial charge in [0.05, 0.1) is 12.0 Å². The fourth-order valence-corrected chi connectivity index (χ4v) is 3.84. The lowest BCUT2D eigenvalue weighted by atomic mass is 9.89. The van der Waals surface area contributed by atoms with Gasteiger partial charge in [0.2, 0.25) is 0 Å². The lowest BCUT2D eigenvalue weighted by Gasteiger charge is -2.22.